The Morgan fingerprint density at radius 3 is 1.21 bits per heavy atom. The Balaban J connectivity index is 1.08. The Kier molecular flexibility index (Phi) is 9.99. The van der Waals surface area contributed by atoms with E-state index >= 15 is 0 Å². The molecule has 8 heteroatoms. The van der Waals surface area contributed by atoms with Gasteiger partial charge in [0.05, 0.1) is 30.1 Å². The van der Waals surface area contributed by atoms with Gasteiger partial charge in [0, 0.05) is 45.3 Å². The maximum atomic E-state index is 5.32. The molecule has 1 saturated carbocycles. The van der Waals surface area contributed by atoms with E-state index in [1.54, 1.807) is 0 Å². The molecule has 286 valence electrons. The summed E-state index contributed by atoms with van der Waals surface area (Å²) in [7, 11) is 0. The molecule has 2 heterocycles. The highest BCUT2D eigenvalue weighted by Crippen LogP contribution is 2.52. The summed E-state index contributed by atoms with van der Waals surface area (Å²) in [5.74, 6) is 0.737. The van der Waals surface area contributed by atoms with Crippen LogP contribution >= 0.6 is 12.1 Å². The number of nitrogens with one attached hydrogen (secondary N) is 2. The Hall–Kier alpha value is -6.51. The Morgan fingerprint density at radius 1 is 0.466 bits per heavy atom. The molecule has 0 saturated heterocycles. The predicted molar refractivity (Wildman–Crippen MR) is 244 cm³/mol. The van der Waals surface area contributed by atoms with Crippen molar-refractivity contribution in [2.24, 2.45) is 5.92 Å². The molecule has 0 unspecified atom stereocenters. The van der Waals surface area contributed by atoms with Gasteiger partial charge < -0.3 is 19.2 Å². The Morgan fingerprint density at radius 2 is 0.828 bits per heavy atom. The fourth-order valence-electron chi connectivity index (χ4n) is 8.70. The lowest BCUT2D eigenvalue weighted by Gasteiger charge is -2.26. The second-order valence-corrected chi connectivity index (χ2v) is 15.8. The first-order chi connectivity index (χ1) is 28.8. The number of benzene rings is 7. The number of fused-ring (bicyclic) bond motifs is 2. The average molecular weight is 776 g/mol. The first-order valence-corrected chi connectivity index (χ1v) is 21.2. The van der Waals surface area contributed by atoms with Gasteiger partial charge in [0.2, 0.25) is 0 Å². The lowest BCUT2D eigenvalue weighted by molar-refractivity contribution is 0.312. The first-order valence-electron chi connectivity index (χ1n) is 20.4. The maximum absolute atomic E-state index is 5.32. The Bertz CT molecular complexity index is 2360. The minimum atomic E-state index is 0.737. The zero-order valence-corrected chi connectivity index (χ0v) is 33.2. The number of para-hydroxylation sites is 4. The van der Waals surface area contributed by atoms with Crippen LogP contribution in [0.15, 0.2) is 170 Å². The number of nitrogens with zero attached hydrogens (tertiary/aromatic N) is 5. The predicted octanol–water partition coefficient (Wildman–Crippen LogP) is 14.1. The van der Waals surface area contributed by atoms with Crippen LogP contribution in [0.4, 0.5) is 45.5 Å². The van der Waals surface area contributed by atoms with Gasteiger partial charge in [0.25, 0.3) is 0 Å². The molecule has 1 aliphatic heterocycles. The van der Waals surface area contributed by atoms with Gasteiger partial charge in [-0.05, 0) is 96.3 Å². The van der Waals surface area contributed by atoms with Crippen LogP contribution in [0.25, 0.3) is 33.3 Å². The molecule has 1 aliphatic carbocycles. The minimum absolute atomic E-state index is 0.737. The van der Waals surface area contributed by atoms with Crippen molar-refractivity contribution in [2.75, 3.05) is 19.2 Å². The largest absolute Gasteiger partial charge is 0.311 e. The van der Waals surface area contributed by atoms with E-state index in [4.69, 9.17) is 10.2 Å². The van der Waals surface area contributed by atoms with E-state index in [0.29, 0.717) is 0 Å². The molecule has 0 bridgehead atoms. The Labute approximate surface area is 344 Å². The van der Waals surface area contributed by atoms with Crippen LogP contribution in [0.2, 0.25) is 0 Å². The number of aryl methyl sites for hydroxylation is 1. The molecule has 0 atom stereocenters. The molecule has 1 aromatic heterocycles. The number of hydrogen-bond acceptors (Lipinski definition) is 7. The standard InChI is InChI=1S/C50H45N7S/c1-6-16-36(17-7-1)34-35-55-51-47-45(37-26-30-43(31-27-37)56(39-18-8-2-9-19-39)40-20-10-3-11-21-40)49-50(54-58-53-49)46(48(47)52-55)38-28-32-44(33-29-38)57(41-22-12-4-13-23-41)42-24-14-5-15-25-42/h2-5,8-15,18-33,36,53-54H,1,6-7,16-17,34-35H2. The lowest BCUT2D eigenvalue weighted by Crippen LogP contribution is -2.11. The second kappa shape index (κ2) is 16.2. The third-order valence-electron chi connectivity index (χ3n) is 11.5. The summed E-state index contributed by atoms with van der Waals surface area (Å²) in [6.07, 6.45) is 7.74. The normalized spacial score (nSPS) is 13.8. The summed E-state index contributed by atoms with van der Waals surface area (Å²) >= 11 is 1.49. The molecule has 0 spiro atoms. The molecular formula is C50H45N7S. The third-order valence-corrected chi connectivity index (χ3v) is 12.1. The number of aromatic nitrogens is 3. The molecule has 7 nitrogen and oxygen atoms in total. The van der Waals surface area contributed by atoms with Crippen LogP contribution < -0.4 is 19.2 Å². The van der Waals surface area contributed by atoms with Crippen molar-refractivity contribution in [1.82, 2.24) is 15.0 Å². The van der Waals surface area contributed by atoms with E-state index in [0.717, 1.165) is 97.7 Å². The molecule has 0 radical (unpaired) electrons. The fraction of sp³-hybridized carbons (Fsp3) is 0.160. The van der Waals surface area contributed by atoms with Crippen molar-refractivity contribution in [3.63, 3.8) is 0 Å². The van der Waals surface area contributed by atoms with Crippen molar-refractivity contribution in [3.05, 3.63) is 170 Å². The second-order valence-electron chi connectivity index (χ2n) is 15.2. The molecule has 8 aromatic rings. The van der Waals surface area contributed by atoms with Crippen LogP contribution in [-0.4, -0.2) is 15.0 Å². The third kappa shape index (κ3) is 7.05. The van der Waals surface area contributed by atoms with Crippen LogP contribution in [0, 0.1) is 5.92 Å². The van der Waals surface area contributed by atoms with E-state index in [-0.39, 0.29) is 0 Å². The summed E-state index contributed by atoms with van der Waals surface area (Å²) in [6, 6.07) is 60.0. The summed E-state index contributed by atoms with van der Waals surface area (Å²) < 4.78 is 7.27. The summed E-state index contributed by atoms with van der Waals surface area (Å²) in [6.45, 7) is 0.808. The maximum Gasteiger partial charge on any atom is 0.123 e. The molecular weight excluding hydrogens is 731 g/mol. The average Bonchev–Trinajstić information content (AvgIpc) is 3.95. The minimum Gasteiger partial charge on any atom is -0.311 e. The molecule has 10 rings (SSSR count). The van der Waals surface area contributed by atoms with Gasteiger partial charge in [-0.2, -0.15) is 15.0 Å². The lowest BCUT2D eigenvalue weighted by atomic mass is 9.87. The number of hydrogen-bond donors (Lipinski definition) is 2. The van der Waals surface area contributed by atoms with Crippen molar-refractivity contribution < 1.29 is 0 Å². The van der Waals surface area contributed by atoms with Crippen LogP contribution in [0.5, 0.6) is 0 Å². The van der Waals surface area contributed by atoms with Gasteiger partial charge >= 0.3 is 0 Å². The first kappa shape index (κ1) is 35.9. The number of anilines is 8. The molecule has 0 amide bonds. The zero-order chi connectivity index (χ0) is 38.7. The van der Waals surface area contributed by atoms with E-state index in [1.807, 2.05) is 4.80 Å². The summed E-state index contributed by atoms with van der Waals surface area (Å²) in [5, 5.41) is 10.6. The van der Waals surface area contributed by atoms with Crippen molar-refractivity contribution in [3.8, 4) is 22.3 Å². The van der Waals surface area contributed by atoms with Crippen LogP contribution in [0.3, 0.4) is 0 Å². The molecule has 2 aliphatic rings. The van der Waals surface area contributed by atoms with E-state index in [9.17, 15) is 0 Å². The highest BCUT2D eigenvalue weighted by atomic mass is 32.2. The highest BCUT2D eigenvalue weighted by molar-refractivity contribution is 8.02. The van der Waals surface area contributed by atoms with Gasteiger partial charge in [-0.25, -0.2) is 0 Å². The quantitative estimate of drug-likeness (QED) is 0.127. The molecule has 1 fully saturated rings. The van der Waals surface area contributed by atoms with Crippen molar-refractivity contribution >= 4 is 68.7 Å². The van der Waals surface area contributed by atoms with E-state index < -0.39 is 0 Å². The monoisotopic (exact) mass is 775 g/mol. The van der Waals surface area contributed by atoms with Crippen molar-refractivity contribution in [1.29, 1.82) is 0 Å². The van der Waals surface area contributed by atoms with E-state index in [1.165, 1.54) is 44.2 Å². The topological polar surface area (TPSA) is 61.2 Å². The van der Waals surface area contributed by atoms with E-state index in [2.05, 4.69) is 189 Å². The van der Waals surface area contributed by atoms with Crippen LogP contribution in [0.1, 0.15) is 38.5 Å². The van der Waals surface area contributed by atoms with Gasteiger partial charge in [0.15, 0.2) is 0 Å². The van der Waals surface area contributed by atoms with Gasteiger partial charge in [-0.15, -0.1) is 0 Å². The summed E-state index contributed by atoms with van der Waals surface area (Å²) in [4.78, 5) is 6.56. The molecule has 58 heavy (non-hydrogen) atoms. The fourth-order valence-corrected chi connectivity index (χ4v) is 9.36. The zero-order valence-electron chi connectivity index (χ0n) is 32.3. The van der Waals surface area contributed by atoms with Gasteiger partial charge in [0.1, 0.15) is 11.0 Å². The molecule has 2 N–H and O–H groups in total. The number of rotatable bonds is 11. The SMILES string of the molecule is c1ccc(N(c2ccccc2)c2ccc(-c3c4c(c(-c5ccc(N(c6ccccc6)c6ccccc6)cc5)c5nn(CCC6CCCCC6)nc35)NSN4)cc2)cc1. The molecule has 7 aromatic carbocycles. The smallest absolute Gasteiger partial charge is 0.123 e. The van der Waals surface area contributed by atoms with Crippen molar-refractivity contribution in [2.45, 2.75) is 45.1 Å². The van der Waals surface area contributed by atoms with Crippen LogP contribution in [-0.2, 0) is 6.54 Å². The van der Waals surface area contributed by atoms with Gasteiger partial charge in [-0.1, -0.05) is 129 Å². The highest BCUT2D eigenvalue weighted by Gasteiger charge is 2.29. The summed E-state index contributed by atoms with van der Waals surface area (Å²) in [5.41, 5.74) is 14.8. The van der Waals surface area contributed by atoms with Gasteiger partial charge in [-0.3, -0.25) is 0 Å².